The van der Waals surface area contributed by atoms with E-state index in [1.54, 1.807) is 6.26 Å². The Labute approximate surface area is 139 Å². The molecule has 1 fully saturated rings. The predicted molar refractivity (Wildman–Crippen MR) is 86.0 cm³/mol. The average molecular weight is 337 g/mol. The van der Waals surface area contributed by atoms with Gasteiger partial charge in [0.2, 0.25) is 0 Å². The van der Waals surface area contributed by atoms with Crippen molar-refractivity contribution in [3.63, 3.8) is 0 Å². The monoisotopic (exact) mass is 336 g/mol. The zero-order chi connectivity index (χ0) is 16.2. The summed E-state index contributed by atoms with van der Waals surface area (Å²) in [6.07, 6.45) is 3.93. The minimum Gasteiger partial charge on any atom is -0.468 e. The SMILES string of the molecule is O=C(NCC(c1ccco1)N1CCCC1)c1ccc(F)cc1Cl. The number of halogens is 2. The molecular weight excluding hydrogens is 319 g/mol. The highest BCUT2D eigenvalue weighted by Gasteiger charge is 2.26. The van der Waals surface area contributed by atoms with Gasteiger partial charge in [-0.1, -0.05) is 11.6 Å². The van der Waals surface area contributed by atoms with E-state index < -0.39 is 5.82 Å². The molecule has 1 N–H and O–H groups in total. The Balaban J connectivity index is 1.69. The van der Waals surface area contributed by atoms with Crippen LogP contribution in [0.4, 0.5) is 4.39 Å². The van der Waals surface area contributed by atoms with Crippen LogP contribution < -0.4 is 5.32 Å². The molecule has 1 aromatic heterocycles. The minimum absolute atomic E-state index is 0.00401. The number of rotatable bonds is 5. The Hall–Kier alpha value is -1.85. The normalized spacial score (nSPS) is 16.4. The van der Waals surface area contributed by atoms with Crippen LogP contribution in [0.2, 0.25) is 5.02 Å². The van der Waals surface area contributed by atoms with Gasteiger partial charge < -0.3 is 9.73 Å². The van der Waals surface area contributed by atoms with Crippen LogP contribution in [0.25, 0.3) is 0 Å². The summed E-state index contributed by atoms with van der Waals surface area (Å²) in [5.74, 6) is 0.0558. The number of nitrogens with one attached hydrogen (secondary N) is 1. The van der Waals surface area contributed by atoms with Gasteiger partial charge in [0.25, 0.3) is 5.91 Å². The second-order valence-corrected chi connectivity index (χ2v) is 6.02. The summed E-state index contributed by atoms with van der Waals surface area (Å²) >= 11 is 5.94. The number of amides is 1. The third kappa shape index (κ3) is 3.74. The van der Waals surface area contributed by atoms with Crippen LogP contribution in [0.1, 0.15) is 35.0 Å². The summed E-state index contributed by atoms with van der Waals surface area (Å²) in [4.78, 5) is 14.6. The van der Waals surface area contributed by atoms with E-state index in [1.165, 1.54) is 12.1 Å². The highest BCUT2D eigenvalue weighted by atomic mass is 35.5. The minimum atomic E-state index is -0.461. The molecule has 0 aliphatic carbocycles. The molecule has 1 unspecified atom stereocenters. The molecule has 23 heavy (non-hydrogen) atoms. The van der Waals surface area contributed by atoms with Crippen molar-refractivity contribution in [1.29, 1.82) is 0 Å². The van der Waals surface area contributed by atoms with Crippen LogP contribution in [0.5, 0.6) is 0 Å². The first-order valence-corrected chi connectivity index (χ1v) is 8.03. The van der Waals surface area contributed by atoms with Crippen LogP contribution in [-0.4, -0.2) is 30.4 Å². The fourth-order valence-electron chi connectivity index (χ4n) is 2.90. The van der Waals surface area contributed by atoms with Crippen LogP contribution in [0, 0.1) is 5.82 Å². The second kappa shape index (κ2) is 7.15. The molecule has 1 amide bonds. The fourth-order valence-corrected chi connectivity index (χ4v) is 3.16. The van der Waals surface area contributed by atoms with Gasteiger partial charge >= 0.3 is 0 Å². The van der Waals surface area contributed by atoms with E-state index in [0.29, 0.717) is 6.54 Å². The third-order valence-electron chi connectivity index (χ3n) is 4.08. The first kappa shape index (κ1) is 16.0. The van der Waals surface area contributed by atoms with E-state index in [-0.39, 0.29) is 22.5 Å². The highest BCUT2D eigenvalue weighted by Crippen LogP contribution is 2.25. The molecule has 1 saturated heterocycles. The Morgan fingerprint density at radius 3 is 2.78 bits per heavy atom. The molecule has 2 aromatic rings. The molecule has 1 aromatic carbocycles. The lowest BCUT2D eigenvalue weighted by molar-refractivity contribution is 0.0934. The number of furan rings is 1. The lowest BCUT2D eigenvalue weighted by atomic mass is 10.1. The van der Waals surface area contributed by atoms with Crippen molar-refractivity contribution in [2.75, 3.05) is 19.6 Å². The van der Waals surface area contributed by atoms with Crippen LogP contribution >= 0.6 is 11.6 Å². The molecule has 1 atom stereocenters. The van der Waals surface area contributed by atoms with Crippen molar-refractivity contribution in [2.45, 2.75) is 18.9 Å². The largest absolute Gasteiger partial charge is 0.468 e. The predicted octanol–water partition coefficient (Wildman–Crippen LogP) is 3.64. The van der Waals surface area contributed by atoms with E-state index in [1.807, 2.05) is 12.1 Å². The summed E-state index contributed by atoms with van der Waals surface area (Å²) in [7, 11) is 0. The number of hydrogen-bond acceptors (Lipinski definition) is 3. The van der Waals surface area contributed by atoms with Crippen molar-refractivity contribution >= 4 is 17.5 Å². The maximum Gasteiger partial charge on any atom is 0.252 e. The van der Waals surface area contributed by atoms with E-state index in [0.717, 1.165) is 37.8 Å². The van der Waals surface area contributed by atoms with Crippen molar-refractivity contribution in [3.8, 4) is 0 Å². The highest BCUT2D eigenvalue weighted by molar-refractivity contribution is 6.33. The van der Waals surface area contributed by atoms with Crippen LogP contribution in [0.3, 0.4) is 0 Å². The first-order valence-electron chi connectivity index (χ1n) is 7.66. The van der Waals surface area contributed by atoms with E-state index in [4.69, 9.17) is 16.0 Å². The zero-order valence-corrected chi connectivity index (χ0v) is 13.4. The molecule has 2 heterocycles. The fraction of sp³-hybridized carbons (Fsp3) is 0.353. The topological polar surface area (TPSA) is 45.5 Å². The summed E-state index contributed by atoms with van der Waals surface area (Å²) in [5, 5.41) is 2.99. The van der Waals surface area contributed by atoms with Crippen molar-refractivity contribution in [2.24, 2.45) is 0 Å². The molecule has 1 aliphatic heterocycles. The Morgan fingerprint density at radius 2 is 2.13 bits per heavy atom. The van der Waals surface area contributed by atoms with Gasteiger partial charge in [-0.05, 0) is 56.3 Å². The molecule has 0 radical (unpaired) electrons. The lowest BCUT2D eigenvalue weighted by Crippen LogP contribution is -2.36. The third-order valence-corrected chi connectivity index (χ3v) is 4.40. The summed E-state index contributed by atoms with van der Waals surface area (Å²) in [6.45, 7) is 2.39. The summed E-state index contributed by atoms with van der Waals surface area (Å²) in [5.41, 5.74) is 0.271. The van der Waals surface area contributed by atoms with Gasteiger partial charge in [0.05, 0.1) is 22.9 Å². The quantitative estimate of drug-likeness (QED) is 0.906. The van der Waals surface area contributed by atoms with Gasteiger partial charge in [-0.3, -0.25) is 9.69 Å². The number of carbonyl (C=O) groups excluding carboxylic acids is 1. The molecule has 6 heteroatoms. The number of likely N-dealkylation sites (tertiary alicyclic amines) is 1. The number of carbonyl (C=O) groups is 1. The molecule has 3 rings (SSSR count). The molecule has 0 saturated carbocycles. The van der Waals surface area contributed by atoms with Crippen LogP contribution in [0.15, 0.2) is 41.0 Å². The van der Waals surface area contributed by atoms with Crippen molar-refractivity contribution < 1.29 is 13.6 Å². The van der Waals surface area contributed by atoms with Gasteiger partial charge in [0, 0.05) is 6.54 Å². The van der Waals surface area contributed by atoms with E-state index >= 15 is 0 Å². The van der Waals surface area contributed by atoms with Gasteiger partial charge in [0.1, 0.15) is 11.6 Å². The maximum atomic E-state index is 13.1. The standard InChI is InChI=1S/C17H18ClFN2O2/c18-14-10-12(19)5-6-13(14)17(22)20-11-15(16-4-3-9-23-16)21-7-1-2-8-21/h3-6,9-10,15H,1-2,7-8,11H2,(H,20,22). The molecule has 4 nitrogen and oxygen atoms in total. The summed E-state index contributed by atoms with van der Waals surface area (Å²) in [6, 6.07) is 7.52. The average Bonchev–Trinajstić information content (AvgIpc) is 3.21. The van der Waals surface area contributed by atoms with Gasteiger partial charge in [0.15, 0.2) is 0 Å². The van der Waals surface area contributed by atoms with Crippen molar-refractivity contribution in [1.82, 2.24) is 10.2 Å². The smallest absolute Gasteiger partial charge is 0.252 e. The first-order chi connectivity index (χ1) is 11.1. The maximum absolute atomic E-state index is 13.1. The molecule has 0 spiro atoms. The Bertz CT molecular complexity index is 669. The number of benzene rings is 1. The van der Waals surface area contributed by atoms with Crippen LogP contribution in [-0.2, 0) is 0 Å². The van der Waals surface area contributed by atoms with Gasteiger partial charge in [-0.15, -0.1) is 0 Å². The van der Waals surface area contributed by atoms with Gasteiger partial charge in [-0.25, -0.2) is 4.39 Å². The molecule has 1 aliphatic rings. The summed E-state index contributed by atoms with van der Waals surface area (Å²) < 4.78 is 18.6. The molecular formula is C17H18ClFN2O2. The number of hydrogen-bond donors (Lipinski definition) is 1. The van der Waals surface area contributed by atoms with E-state index in [2.05, 4.69) is 10.2 Å². The molecule has 0 bridgehead atoms. The lowest BCUT2D eigenvalue weighted by Gasteiger charge is -2.26. The van der Waals surface area contributed by atoms with Crippen molar-refractivity contribution in [3.05, 3.63) is 58.8 Å². The van der Waals surface area contributed by atoms with E-state index in [9.17, 15) is 9.18 Å². The van der Waals surface area contributed by atoms with Gasteiger partial charge in [-0.2, -0.15) is 0 Å². The molecule has 122 valence electrons. The Kier molecular flexibility index (Phi) is 4.98. The number of nitrogens with zero attached hydrogens (tertiary/aromatic N) is 1. The Morgan fingerprint density at radius 1 is 1.35 bits per heavy atom. The second-order valence-electron chi connectivity index (χ2n) is 5.61. The zero-order valence-electron chi connectivity index (χ0n) is 12.6.